The molecule has 2 heterocycles. The molecule has 0 aromatic heterocycles. The number of amides is 1. The van der Waals surface area contributed by atoms with Crippen molar-refractivity contribution in [2.24, 2.45) is 5.92 Å². The van der Waals surface area contributed by atoms with E-state index in [9.17, 15) is 4.79 Å². The summed E-state index contributed by atoms with van der Waals surface area (Å²) in [5.74, 6) is 0.813. The standard InChI is InChI=1S/C20H27ClN2O2/c21-19-6-4-17(5-7-19)2-3-18-8-11-23(12-9-18)20(24)16-22-10-1-14-25-15-13-22/h2-7,18H,1,8-16H2/b3-2+. The molecule has 2 aliphatic heterocycles. The zero-order chi connectivity index (χ0) is 17.5. The highest BCUT2D eigenvalue weighted by atomic mass is 35.5. The summed E-state index contributed by atoms with van der Waals surface area (Å²) in [6.07, 6.45) is 7.54. The molecule has 1 aromatic rings. The van der Waals surface area contributed by atoms with Gasteiger partial charge in [-0.1, -0.05) is 35.9 Å². The van der Waals surface area contributed by atoms with E-state index in [0.29, 0.717) is 12.5 Å². The molecule has 0 spiro atoms. The Bertz CT molecular complexity index is 572. The van der Waals surface area contributed by atoms with Crippen LogP contribution in [-0.2, 0) is 9.53 Å². The minimum atomic E-state index is 0.266. The summed E-state index contributed by atoms with van der Waals surface area (Å²) in [5, 5.41) is 0.764. The first-order chi connectivity index (χ1) is 12.2. The topological polar surface area (TPSA) is 32.8 Å². The molecule has 2 fully saturated rings. The average Bonchev–Trinajstić information content (AvgIpc) is 2.90. The van der Waals surface area contributed by atoms with Gasteiger partial charge in [-0.25, -0.2) is 0 Å². The largest absolute Gasteiger partial charge is 0.380 e. The Balaban J connectivity index is 1.43. The number of nitrogens with zero attached hydrogens (tertiary/aromatic N) is 2. The minimum Gasteiger partial charge on any atom is -0.380 e. The van der Waals surface area contributed by atoms with Crippen LogP contribution in [0.25, 0.3) is 6.08 Å². The lowest BCUT2D eigenvalue weighted by atomic mass is 9.95. The number of ether oxygens (including phenoxy) is 1. The number of allylic oxidation sites excluding steroid dienone is 1. The molecule has 0 bridgehead atoms. The Morgan fingerprint density at radius 1 is 1.12 bits per heavy atom. The molecular weight excluding hydrogens is 336 g/mol. The SMILES string of the molecule is O=C(CN1CCCOCC1)N1CCC(/C=C/c2ccc(Cl)cc2)CC1. The molecule has 136 valence electrons. The molecule has 5 heteroatoms. The Morgan fingerprint density at radius 3 is 2.64 bits per heavy atom. The van der Waals surface area contributed by atoms with E-state index in [2.05, 4.69) is 17.1 Å². The predicted octanol–water partition coefficient (Wildman–Crippen LogP) is 3.31. The molecule has 0 saturated carbocycles. The van der Waals surface area contributed by atoms with Crippen molar-refractivity contribution in [3.63, 3.8) is 0 Å². The van der Waals surface area contributed by atoms with Gasteiger partial charge in [0.05, 0.1) is 13.2 Å². The van der Waals surface area contributed by atoms with Crippen LogP contribution in [0.2, 0.25) is 5.02 Å². The molecule has 0 radical (unpaired) electrons. The fourth-order valence-corrected chi connectivity index (χ4v) is 3.54. The summed E-state index contributed by atoms with van der Waals surface area (Å²) >= 11 is 5.91. The first-order valence-electron chi connectivity index (χ1n) is 9.22. The number of rotatable bonds is 4. The van der Waals surface area contributed by atoms with Crippen molar-refractivity contribution in [3.8, 4) is 0 Å². The van der Waals surface area contributed by atoms with Crippen LogP contribution in [0.3, 0.4) is 0 Å². The summed E-state index contributed by atoms with van der Waals surface area (Å²) in [6.45, 7) is 5.64. The second-order valence-corrected chi connectivity index (χ2v) is 7.31. The number of hydrogen-bond donors (Lipinski definition) is 0. The molecular formula is C20H27ClN2O2. The van der Waals surface area contributed by atoms with Gasteiger partial charge in [0.2, 0.25) is 5.91 Å². The van der Waals surface area contributed by atoms with Crippen LogP contribution in [0.15, 0.2) is 30.3 Å². The summed E-state index contributed by atoms with van der Waals surface area (Å²) in [5.41, 5.74) is 1.17. The highest BCUT2D eigenvalue weighted by Gasteiger charge is 2.23. The number of benzene rings is 1. The van der Waals surface area contributed by atoms with E-state index in [-0.39, 0.29) is 5.91 Å². The quantitative estimate of drug-likeness (QED) is 0.823. The Hall–Kier alpha value is -1.36. The van der Waals surface area contributed by atoms with Crippen molar-refractivity contribution in [1.82, 2.24) is 9.80 Å². The summed E-state index contributed by atoms with van der Waals surface area (Å²) < 4.78 is 5.45. The fraction of sp³-hybridized carbons (Fsp3) is 0.550. The van der Waals surface area contributed by atoms with Gasteiger partial charge in [-0.3, -0.25) is 9.69 Å². The maximum atomic E-state index is 12.5. The third-order valence-corrected chi connectivity index (χ3v) is 5.25. The van der Waals surface area contributed by atoms with Crippen molar-refractivity contribution in [2.75, 3.05) is 45.9 Å². The number of likely N-dealkylation sites (tertiary alicyclic amines) is 1. The van der Waals surface area contributed by atoms with Gasteiger partial charge in [0.25, 0.3) is 0 Å². The molecule has 3 rings (SSSR count). The van der Waals surface area contributed by atoms with E-state index in [4.69, 9.17) is 16.3 Å². The first kappa shape index (κ1) is 18.4. The van der Waals surface area contributed by atoms with E-state index < -0.39 is 0 Å². The van der Waals surface area contributed by atoms with Crippen LogP contribution in [0.1, 0.15) is 24.8 Å². The summed E-state index contributed by atoms with van der Waals surface area (Å²) in [4.78, 5) is 16.8. The van der Waals surface area contributed by atoms with Crippen molar-refractivity contribution in [1.29, 1.82) is 0 Å². The van der Waals surface area contributed by atoms with Crippen molar-refractivity contribution in [2.45, 2.75) is 19.3 Å². The van der Waals surface area contributed by atoms with Crippen LogP contribution < -0.4 is 0 Å². The second kappa shape index (κ2) is 9.37. The number of hydrogen-bond acceptors (Lipinski definition) is 3. The van der Waals surface area contributed by atoms with E-state index in [1.165, 1.54) is 5.56 Å². The van der Waals surface area contributed by atoms with Crippen LogP contribution >= 0.6 is 11.6 Å². The lowest BCUT2D eigenvalue weighted by Crippen LogP contribution is -2.44. The molecule has 2 saturated heterocycles. The second-order valence-electron chi connectivity index (χ2n) is 6.87. The minimum absolute atomic E-state index is 0.266. The maximum Gasteiger partial charge on any atom is 0.236 e. The molecule has 0 atom stereocenters. The van der Waals surface area contributed by atoms with Gasteiger partial charge in [0.15, 0.2) is 0 Å². The Labute approximate surface area is 155 Å². The zero-order valence-electron chi connectivity index (χ0n) is 14.7. The number of piperidine rings is 1. The van der Waals surface area contributed by atoms with Crippen molar-refractivity contribution < 1.29 is 9.53 Å². The van der Waals surface area contributed by atoms with Gasteiger partial charge in [0, 0.05) is 37.8 Å². The Morgan fingerprint density at radius 2 is 1.88 bits per heavy atom. The molecule has 4 nitrogen and oxygen atoms in total. The molecule has 2 aliphatic rings. The van der Waals surface area contributed by atoms with E-state index in [1.54, 1.807) is 0 Å². The number of halogens is 1. The van der Waals surface area contributed by atoms with Gasteiger partial charge < -0.3 is 9.64 Å². The van der Waals surface area contributed by atoms with E-state index >= 15 is 0 Å². The van der Waals surface area contributed by atoms with Gasteiger partial charge in [-0.2, -0.15) is 0 Å². The molecule has 0 N–H and O–H groups in total. The van der Waals surface area contributed by atoms with Crippen LogP contribution in [0.4, 0.5) is 0 Å². The van der Waals surface area contributed by atoms with Crippen LogP contribution in [0.5, 0.6) is 0 Å². The summed E-state index contributed by atoms with van der Waals surface area (Å²) in [7, 11) is 0. The Kier molecular flexibility index (Phi) is 6.91. The van der Waals surface area contributed by atoms with Gasteiger partial charge in [-0.15, -0.1) is 0 Å². The highest BCUT2D eigenvalue weighted by Crippen LogP contribution is 2.20. The molecule has 1 amide bonds. The first-order valence-corrected chi connectivity index (χ1v) is 9.60. The van der Waals surface area contributed by atoms with Crippen LogP contribution in [-0.4, -0.2) is 61.6 Å². The monoisotopic (exact) mass is 362 g/mol. The molecule has 1 aromatic carbocycles. The predicted molar refractivity (Wildman–Crippen MR) is 102 cm³/mol. The normalized spacial score (nSPS) is 20.8. The smallest absolute Gasteiger partial charge is 0.236 e. The van der Waals surface area contributed by atoms with Gasteiger partial charge in [-0.05, 0) is 42.9 Å². The van der Waals surface area contributed by atoms with Gasteiger partial charge in [0.1, 0.15) is 0 Å². The third-order valence-electron chi connectivity index (χ3n) is 5.00. The van der Waals surface area contributed by atoms with Crippen LogP contribution in [0, 0.1) is 5.92 Å². The van der Waals surface area contributed by atoms with E-state index in [0.717, 1.165) is 63.7 Å². The number of carbonyl (C=O) groups excluding carboxylic acids is 1. The maximum absolute atomic E-state index is 12.5. The van der Waals surface area contributed by atoms with E-state index in [1.807, 2.05) is 29.2 Å². The third kappa shape index (κ3) is 5.84. The molecule has 0 unspecified atom stereocenters. The summed E-state index contributed by atoms with van der Waals surface area (Å²) in [6, 6.07) is 7.89. The van der Waals surface area contributed by atoms with Gasteiger partial charge >= 0.3 is 0 Å². The average molecular weight is 363 g/mol. The highest BCUT2D eigenvalue weighted by molar-refractivity contribution is 6.30. The fourth-order valence-electron chi connectivity index (χ4n) is 3.41. The lowest BCUT2D eigenvalue weighted by Gasteiger charge is -2.32. The van der Waals surface area contributed by atoms with Crippen molar-refractivity contribution >= 4 is 23.6 Å². The zero-order valence-corrected chi connectivity index (χ0v) is 15.5. The molecule has 25 heavy (non-hydrogen) atoms. The molecule has 0 aliphatic carbocycles. The number of carbonyl (C=O) groups is 1. The van der Waals surface area contributed by atoms with Crippen molar-refractivity contribution in [3.05, 3.63) is 40.9 Å². The lowest BCUT2D eigenvalue weighted by molar-refractivity contribution is -0.133.